The molecule has 0 fully saturated rings. The molecule has 5 rings (SSSR count). The second kappa shape index (κ2) is 17.6. The Hall–Kier alpha value is -3.87. The van der Waals surface area contributed by atoms with Crippen molar-refractivity contribution in [2.24, 2.45) is 0 Å². The Morgan fingerprint density at radius 1 is 0.605 bits per heavy atom. The summed E-state index contributed by atoms with van der Waals surface area (Å²) in [6.45, 7) is 2.19. The Kier molecular flexibility index (Phi) is 14.9. The minimum atomic E-state index is -1.13. The van der Waals surface area contributed by atoms with Crippen LogP contribution < -0.4 is 15.3 Å². The summed E-state index contributed by atoms with van der Waals surface area (Å²) in [5.41, 5.74) is 5.34. The minimum absolute atomic E-state index is 0. The van der Waals surface area contributed by atoms with Gasteiger partial charge in [0.2, 0.25) is 0 Å². The molecule has 0 radical (unpaired) electrons. The van der Waals surface area contributed by atoms with Crippen molar-refractivity contribution in [3.63, 3.8) is 0 Å². The molecular formula is C31H28O6Ti. The van der Waals surface area contributed by atoms with Crippen molar-refractivity contribution < 1.29 is 51.4 Å². The van der Waals surface area contributed by atoms with Gasteiger partial charge in [-0.3, -0.25) is 0 Å². The predicted octanol–water partition coefficient (Wildman–Crippen LogP) is 2.74. The van der Waals surface area contributed by atoms with E-state index in [9.17, 15) is 29.7 Å². The maximum Gasteiger partial charge on any atom is 4.00 e. The minimum Gasteiger partial charge on any atom is -0.545 e. The first-order valence-electron chi connectivity index (χ1n) is 11.8. The van der Waals surface area contributed by atoms with Gasteiger partial charge in [0.15, 0.2) is 0 Å². The fourth-order valence-electron chi connectivity index (χ4n) is 3.60. The average Bonchev–Trinajstić information content (AvgIpc) is 3.31. The van der Waals surface area contributed by atoms with Gasteiger partial charge in [-0.15, -0.1) is 0 Å². The number of carboxylic acids is 3. The van der Waals surface area contributed by atoms with Crippen LogP contribution in [0.2, 0.25) is 0 Å². The van der Waals surface area contributed by atoms with Gasteiger partial charge in [0.05, 0.1) is 17.9 Å². The maximum atomic E-state index is 10.1. The molecule has 0 amide bonds. The van der Waals surface area contributed by atoms with Gasteiger partial charge in [-0.2, -0.15) is 22.8 Å². The monoisotopic (exact) mass is 544 g/mol. The molecule has 0 atom stereocenters. The molecule has 6 nitrogen and oxygen atoms in total. The van der Waals surface area contributed by atoms with Crippen LogP contribution in [0.4, 0.5) is 0 Å². The van der Waals surface area contributed by atoms with Crippen LogP contribution in [-0.2, 0) is 34.6 Å². The topological polar surface area (TPSA) is 120 Å². The van der Waals surface area contributed by atoms with Crippen LogP contribution in [0, 0.1) is 6.92 Å². The Bertz CT molecular complexity index is 1110. The number of benzene rings is 3. The number of aromatic carboxylic acids is 3. The average molecular weight is 544 g/mol. The summed E-state index contributed by atoms with van der Waals surface area (Å²) in [5, 5.41) is 30.3. The van der Waals surface area contributed by atoms with Crippen LogP contribution in [0.1, 0.15) is 60.6 Å². The van der Waals surface area contributed by atoms with Crippen molar-refractivity contribution in [1.29, 1.82) is 0 Å². The fraction of sp³-hybridized carbons (Fsp3) is 0.161. The normalized spacial score (nSPS) is 10.8. The number of carboxylic acid groups (broad SMARTS) is 3. The molecule has 0 N–H and O–H groups in total. The van der Waals surface area contributed by atoms with Gasteiger partial charge in [-0.1, -0.05) is 124 Å². The van der Waals surface area contributed by atoms with Gasteiger partial charge < -0.3 is 29.7 Å². The molecule has 0 unspecified atom stereocenters. The molecule has 0 heterocycles. The van der Waals surface area contributed by atoms with E-state index in [0.717, 1.165) is 0 Å². The molecule has 0 saturated heterocycles. The molecule has 0 spiro atoms. The van der Waals surface area contributed by atoms with Crippen LogP contribution in [0.15, 0.2) is 103 Å². The van der Waals surface area contributed by atoms with E-state index in [-0.39, 0.29) is 38.4 Å². The van der Waals surface area contributed by atoms with Crippen molar-refractivity contribution >= 4 is 17.9 Å². The summed E-state index contributed by atoms with van der Waals surface area (Å²) in [7, 11) is 0. The van der Waals surface area contributed by atoms with Gasteiger partial charge >= 0.3 is 21.7 Å². The Morgan fingerprint density at radius 3 is 1.24 bits per heavy atom. The molecular weight excluding hydrogens is 516 g/mol. The molecule has 0 saturated carbocycles. The van der Waals surface area contributed by atoms with Crippen LogP contribution >= 0.6 is 0 Å². The summed E-state index contributed by atoms with van der Waals surface area (Å²) >= 11 is 0. The van der Waals surface area contributed by atoms with E-state index in [0.29, 0.717) is 0 Å². The summed E-state index contributed by atoms with van der Waals surface area (Å²) in [6.07, 6.45) is 5.44. The van der Waals surface area contributed by atoms with E-state index < -0.39 is 17.9 Å². The van der Waals surface area contributed by atoms with E-state index in [2.05, 4.69) is 19.1 Å². The van der Waals surface area contributed by atoms with Gasteiger partial charge in [-0.25, -0.2) is 6.07 Å². The second-order valence-corrected chi connectivity index (χ2v) is 8.25. The largest absolute Gasteiger partial charge is 4.00 e. The second-order valence-electron chi connectivity index (χ2n) is 8.25. The number of rotatable bonds is 3. The van der Waals surface area contributed by atoms with Gasteiger partial charge in [0, 0.05) is 0 Å². The Balaban J connectivity index is 0.000000252. The van der Waals surface area contributed by atoms with Crippen molar-refractivity contribution in [2.45, 2.75) is 32.6 Å². The van der Waals surface area contributed by atoms with Gasteiger partial charge in [-0.05, 0) is 16.7 Å². The fourth-order valence-corrected chi connectivity index (χ4v) is 3.60. The van der Waals surface area contributed by atoms with E-state index in [1.54, 1.807) is 65.7 Å². The maximum absolute atomic E-state index is 10.1. The van der Waals surface area contributed by atoms with E-state index in [1.807, 2.05) is 0 Å². The SMILES string of the molecule is Cc1cc2c([cH-]1)CCCC2.O=C([O-])c1ccccc1.O=C([O-])c1ccccc1.O=C([O-])c1ccccc1.[Ti+4]. The molecule has 1 aliphatic rings. The number of carbonyl (C=O) groups is 3. The molecule has 4 aromatic rings. The molecule has 38 heavy (non-hydrogen) atoms. The zero-order chi connectivity index (χ0) is 27.0. The number of hydrogen-bond donors (Lipinski definition) is 0. The van der Waals surface area contributed by atoms with Crippen LogP contribution in [0.3, 0.4) is 0 Å². The summed E-state index contributed by atoms with van der Waals surface area (Å²) in [4.78, 5) is 30.3. The van der Waals surface area contributed by atoms with E-state index in [4.69, 9.17) is 0 Å². The Morgan fingerprint density at radius 2 is 0.947 bits per heavy atom. The number of aryl methyl sites for hydroxylation is 3. The van der Waals surface area contributed by atoms with Crippen LogP contribution in [0.5, 0.6) is 0 Å². The third-order valence-corrected chi connectivity index (χ3v) is 5.39. The molecule has 0 aliphatic heterocycles. The Labute approximate surface area is 237 Å². The molecule has 7 heteroatoms. The van der Waals surface area contributed by atoms with Crippen molar-refractivity contribution in [3.8, 4) is 0 Å². The smallest absolute Gasteiger partial charge is 0.545 e. The van der Waals surface area contributed by atoms with Crippen molar-refractivity contribution in [1.82, 2.24) is 0 Å². The predicted molar refractivity (Wildman–Crippen MR) is 136 cm³/mol. The summed E-state index contributed by atoms with van der Waals surface area (Å²) in [5.74, 6) is -3.39. The van der Waals surface area contributed by atoms with Gasteiger partial charge in [0.25, 0.3) is 0 Å². The van der Waals surface area contributed by atoms with E-state index >= 15 is 0 Å². The summed E-state index contributed by atoms with van der Waals surface area (Å²) in [6, 6.07) is 28.9. The number of fused-ring (bicyclic) bond motifs is 1. The third-order valence-electron chi connectivity index (χ3n) is 5.39. The first-order valence-corrected chi connectivity index (χ1v) is 11.8. The zero-order valence-corrected chi connectivity index (χ0v) is 22.7. The van der Waals surface area contributed by atoms with Crippen molar-refractivity contribution in [2.75, 3.05) is 0 Å². The molecule has 0 bridgehead atoms. The quantitative estimate of drug-likeness (QED) is 0.289. The molecule has 0 aromatic heterocycles. The van der Waals surface area contributed by atoms with Gasteiger partial charge in [0.1, 0.15) is 0 Å². The van der Waals surface area contributed by atoms with Crippen LogP contribution in [-0.4, -0.2) is 17.9 Å². The van der Waals surface area contributed by atoms with E-state index in [1.165, 1.54) is 67.6 Å². The summed E-state index contributed by atoms with van der Waals surface area (Å²) < 4.78 is 0. The van der Waals surface area contributed by atoms with Crippen molar-refractivity contribution in [3.05, 3.63) is 137 Å². The molecule has 192 valence electrons. The first kappa shape index (κ1) is 32.2. The first-order chi connectivity index (χ1) is 17.8. The van der Waals surface area contributed by atoms with Crippen LogP contribution in [0.25, 0.3) is 0 Å². The molecule has 4 aromatic carbocycles. The standard InChI is InChI=1S/C10H13.3C7H6O2.Ti/c1-8-6-9-4-2-3-5-10(9)7-8;3*8-7(9)6-4-2-1-3-5-6;/h6-7H,2-5H2,1H3;3*1-5H,(H,8,9);/q-1;;;;+4/p-3. The number of carbonyl (C=O) groups excluding carboxylic acids is 3. The number of hydrogen-bond acceptors (Lipinski definition) is 6. The molecule has 1 aliphatic carbocycles. The third kappa shape index (κ3) is 11.9. The zero-order valence-electron chi connectivity index (χ0n) is 21.1.